The normalized spacial score (nSPS) is 25.5. The van der Waals surface area contributed by atoms with Gasteiger partial charge in [-0.05, 0) is 94.5 Å². The molecule has 3 nitrogen and oxygen atoms in total. The Morgan fingerprint density at radius 3 is 2.46 bits per heavy atom. The maximum atomic E-state index is 6.25. The molecular formula is C22H35BrN2O. The van der Waals surface area contributed by atoms with Crippen LogP contribution in [0.5, 0.6) is 0 Å². The van der Waals surface area contributed by atoms with Gasteiger partial charge in [0.05, 0.1) is 6.10 Å². The van der Waals surface area contributed by atoms with E-state index in [4.69, 9.17) is 10.5 Å². The Morgan fingerprint density at radius 2 is 1.81 bits per heavy atom. The molecule has 1 aliphatic carbocycles. The second-order valence-electron chi connectivity index (χ2n) is 8.28. The van der Waals surface area contributed by atoms with E-state index >= 15 is 0 Å². The van der Waals surface area contributed by atoms with Crippen LogP contribution in [0.1, 0.15) is 63.0 Å². The van der Waals surface area contributed by atoms with Gasteiger partial charge in [-0.1, -0.05) is 28.9 Å². The minimum absolute atomic E-state index is 0.521. The van der Waals surface area contributed by atoms with E-state index in [1.807, 2.05) is 0 Å². The maximum Gasteiger partial charge on any atom is 0.0576 e. The number of piperidine rings is 1. The van der Waals surface area contributed by atoms with Crippen LogP contribution in [0, 0.1) is 12.8 Å². The van der Waals surface area contributed by atoms with Crippen LogP contribution in [0.3, 0.4) is 0 Å². The van der Waals surface area contributed by atoms with E-state index in [0.717, 1.165) is 41.6 Å². The van der Waals surface area contributed by atoms with Gasteiger partial charge in [-0.2, -0.15) is 0 Å². The summed E-state index contributed by atoms with van der Waals surface area (Å²) >= 11 is 3.58. The highest BCUT2D eigenvalue weighted by molar-refractivity contribution is 9.10. The molecule has 2 N–H and O–H groups in total. The van der Waals surface area contributed by atoms with Gasteiger partial charge in [-0.15, -0.1) is 0 Å². The Bertz CT molecular complexity index is 576. The highest BCUT2D eigenvalue weighted by atomic mass is 79.9. The fraction of sp³-hybridized carbons (Fsp3) is 0.727. The fourth-order valence-corrected chi connectivity index (χ4v) is 4.99. The Hall–Kier alpha value is -0.580. The molecule has 0 atom stereocenters. The van der Waals surface area contributed by atoms with E-state index in [1.54, 1.807) is 0 Å². The monoisotopic (exact) mass is 422 g/mol. The second-order valence-corrected chi connectivity index (χ2v) is 9.14. The standard InChI is InChI=1S/C22H35BrN2O/c1-3-12-26-20-6-4-19(5-7-20)25-10-8-17(9-11-25)14-18-13-16(2)21(23)15-22(18)24/h13,15,17,19-20H,3-12,14,24H2,1-2H3. The summed E-state index contributed by atoms with van der Waals surface area (Å²) in [7, 11) is 0. The molecule has 1 aliphatic heterocycles. The third-order valence-corrected chi connectivity index (χ3v) is 7.15. The predicted octanol–water partition coefficient (Wildman–Crippen LogP) is 5.33. The lowest BCUT2D eigenvalue weighted by Crippen LogP contribution is -2.44. The molecule has 3 rings (SSSR count). The molecule has 0 aromatic heterocycles. The number of hydrogen-bond acceptors (Lipinski definition) is 3. The maximum absolute atomic E-state index is 6.25. The van der Waals surface area contributed by atoms with Crippen molar-refractivity contribution in [2.45, 2.75) is 77.4 Å². The summed E-state index contributed by atoms with van der Waals surface area (Å²) in [5.74, 6) is 0.776. The van der Waals surface area contributed by atoms with Crippen LogP contribution in [0.15, 0.2) is 16.6 Å². The Balaban J connectivity index is 1.44. The number of likely N-dealkylation sites (tertiary alicyclic amines) is 1. The lowest BCUT2D eigenvalue weighted by atomic mass is 9.86. The van der Waals surface area contributed by atoms with E-state index in [-0.39, 0.29) is 0 Å². The molecule has 2 fully saturated rings. The molecule has 0 radical (unpaired) electrons. The van der Waals surface area contributed by atoms with E-state index in [9.17, 15) is 0 Å². The predicted molar refractivity (Wildman–Crippen MR) is 114 cm³/mol. The zero-order valence-corrected chi connectivity index (χ0v) is 18.1. The smallest absolute Gasteiger partial charge is 0.0576 e. The summed E-state index contributed by atoms with van der Waals surface area (Å²) in [6, 6.07) is 5.12. The van der Waals surface area contributed by atoms with Crippen molar-refractivity contribution >= 4 is 21.6 Å². The molecule has 2 aliphatic rings. The molecular weight excluding hydrogens is 388 g/mol. The molecule has 1 heterocycles. The molecule has 4 heteroatoms. The number of hydrogen-bond donors (Lipinski definition) is 1. The number of anilines is 1. The number of nitrogen functional groups attached to an aromatic ring is 1. The summed E-state index contributed by atoms with van der Waals surface area (Å²) in [4.78, 5) is 2.75. The number of nitrogens with zero attached hydrogens (tertiary/aromatic N) is 1. The second kappa shape index (κ2) is 9.57. The van der Waals surface area contributed by atoms with Crippen molar-refractivity contribution in [1.82, 2.24) is 4.90 Å². The van der Waals surface area contributed by atoms with E-state index in [1.165, 1.54) is 62.7 Å². The molecule has 0 amide bonds. The summed E-state index contributed by atoms with van der Waals surface area (Å²) in [6.45, 7) is 7.78. The quantitative estimate of drug-likeness (QED) is 0.629. The van der Waals surface area contributed by atoms with Crippen LogP contribution >= 0.6 is 15.9 Å². The van der Waals surface area contributed by atoms with E-state index in [0.29, 0.717) is 6.10 Å². The minimum Gasteiger partial charge on any atom is -0.398 e. The van der Waals surface area contributed by atoms with E-state index in [2.05, 4.69) is 46.8 Å². The van der Waals surface area contributed by atoms with Gasteiger partial charge in [0, 0.05) is 22.8 Å². The topological polar surface area (TPSA) is 38.5 Å². The molecule has 1 aromatic carbocycles. The van der Waals surface area contributed by atoms with Gasteiger partial charge in [-0.25, -0.2) is 0 Å². The molecule has 0 spiro atoms. The zero-order valence-electron chi connectivity index (χ0n) is 16.5. The van der Waals surface area contributed by atoms with E-state index < -0.39 is 0 Å². The lowest BCUT2D eigenvalue weighted by Gasteiger charge is -2.41. The van der Waals surface area contributed by atoms with Crippen LogP contribution in [0.2, 0.25) is 0 Å². The number of ether oxygens (including phenoxy) is 1. The van der Waals surface area contributed by atoms with Gasteiger partial charge < -0.3 is 15.4 Å². The highest BCUT2D eigenvalue weighted by Crippen LogP contribution is 2.31. The molecule has 0 unspecified atom stereocenters. The van der Waals surface area contributed by atoms with Crippen molar-refractivity contribution in [2.75, 3.05) is 25.4 Å². The first-order valence-corrected chi connectivity index (χ1v) is 11.3. The number of halogens is 1. The van der Waals surface area contributed by atoms with Crippen LogP contribution < -0.4 is 5.73 Å². The van der Waals surface area contributed by atoms with Crippen molar-refractivity contribution in [3.05, 3.63) is 27.7 Å². The molecule has 0 bridgehead atoms. The third-order valence-electron chi connectivity index (χ3n) is 6.30. The van der Waals surface area contributed by atoms with Crippen LogP contribution in [0.25, 0.3) is 0 Å². The zero-order chi connectivity index (χ0) is 18.5. The van der Waals surface area contributed by atoms with Crippen molar-refractivity contribution in [3.63, 3.8) is 0 Å². The average molecular weight is 423 g/mol. The van der Waals surface area contributed by atoms with Crippen molar-refractivity contribution < 1.29 is 4.74 Å². The molecule has 1 saturated carbocycles. The SMILES string of the molecule is CCCOC1CCC(N2CCC(Cc3cc(C)c(Br)cc3N)CC2)CC1. The van der Waals surface area contributed by atoms with Crippen LogP contribution in [-0.2, 0) is 11.2 Å². The fourth-order valence-electron chi connectivity index (χ4n) is 4.63. The Morgan fingerprint density at radius 1 is 1.12 bits per heavy atom. The Labute approximate surface area is 167 Å². The molecule has 146 valence electrons. The number of benzene rings is 1. The van der Waals surface area contributed by atoms with Gasteiger partial charge in [0.1, 0.15) is 0 Å². The van der Waals surface area contributed by atoms with Crippen molar-refractivity contribution in [1.29, 1.82) is 0 Å². The average Bonchev–Trinajstić information content (AvgIpc) is 2.65. The first kappa shape index (κ1) is 20.2. The lowest BCUT2D eigenvalue weighted by molar-refractivity contribution is 0.00215. The largest absolute Gasteiger partial charge is 0.398 e. The number of aryl methyl sites for hydroxylation is 1. The molecule has 1 aromatic rings. The van der Waals surface area contributed by atoms with Gasteiger partial charge in [0.25, 0.3) is 0 Å². The minimum atomic E-state index is 0.521. The summed E-state index contributed by atoms with van der Waals surface area (Å²) in [6.07, 6.45) is 10.5. The van der Waals surface area contributed by atoms with Gasteiger partial charge in [0.2, 0.25) is 0 Å². The van der Waals surface area contributed by atoms with Crippen LogP contribution in [0.4, 0.5) is 5.69 Å². The highest BCUT2D eigenvalue weighted by Gasteiger charge is 2.29. The molecule has 1 saturated heterocycles. The Kier molecular flexibility index (Phi) is 7.42. The van der Waals surface area contributed by atoms with Gasteiger partial charge in [-0.3, -0.25) is 0 Å². The number of nitrogens with two attached hydrogens (primary N) is 1. The molecule has 26 heavy (non-hydrogen) atoms. The number of rotatable bonds is 6. The summed E-state index contributed by atoms with van der Waals surface area (Å²) in [5, 5.41) is 0. The first-order chi connectivity index (χ1) is 12.6. The van der Waals surface area contributed by atoms with Gasteiger partial charge >= 0.3 is 0 Å². The third kappa shape index (κ3) is 5.24. The first-order valence-electron chi connectivity index (χ1n) is 10.5. The summed E-state index contributed by atoms with van der Waals surface area (Å²) in [5.41, 5.74) is 9.80. The summed E-state index contributed by atoms with van der Waals surface area (Å²) < 4.78 is 7.06. The van der Waals surface area contributed by atoms with Gasteiger partial charge in [0.15, 0.2) is 0 Å². The van der Waals surface area contributed by atoms with Crippen molar-refractivity contribution in [3.8, 4) is 0 Å². The van der Waals surface area contributed by atoms with Crippen LogP contribution in [-0.4, -0.2) is 36.7 Å². The van der Waals surface area contributed by atoms with Crippen molar-refractivity contribution in [2.24, 2.45) is 5.92 Å².